The number of rotatable bonds is 3. The first-order valence-electron chi connectivity index (χ1n) is 3.94. The molecule has 1 aromatic carbocycles. The molecule has 0 fully saturated rings. The molecule has 0 radical (unpaired) electrons. The lowest BCUT2D eigenvalue weighted by atomic mass is 10.1. The van der Waals surface area contributed by atoms with Crippen LogP contribution in [0.2, 0.25) is 0 Å². The highest BCUT2D eigenvalue weighted by molar-refractivity contribution is 5.85. The molecule has 0 unspecified atom stereocenters. The predicted octanol–water partition coefficient (Wildman–Crippen LogP) is 1.42. The Morgan fingerprint density at radius 3 is 2.79 bits per heavy atom. The maximum absolute atomic E-state index is 13.3. The van der Waals surface area contributed by atoms with Gasteiger partial charge in [-0.05, 0) is 6.08 Å². The Hall–Kier alpha value is -1.68. The van der Waals surface area contributed by atoms with E-state index in [1.165, 1.54) is 12.1 Å². The molecule has 0 aromatic heterocycles. The molecular weight excluding hydrogens is 187 g/mol. The van der Waals surface area contributed by atoms with Crippen LogP contribution in [0.5, 0.6) is 0 Å². The number of carbonyl (C=O) groups is 1. The summed E-state index contributed by atoms with van der Waals surface area (Å²) in [4.78, 5) is 10.2. The van der Waals surface area contributed by atoms with E-state index in [1.54, 1.807) is 6.07 Å². The number of hydrogen-bond donors (Lipinski definition) is 2. The number of aliphatic hydroxyl groups excluding tert-OH is 1. The Morgan fingerprint density at radius 2 is 2.21 bits per heavy atom. The van der Waals surface area contributed by atoms with E-state index in [2.05, 4.69) is 0 Å². The number of carboxylic acid groups (broad SMARTS) is 1. The van der Waals surface area contributed by atoms with Gasteiger partial charge in [-0.25, -0.2) is 9.18 Å². The highest BCUT2D eigenvalue weighted by atomic mass is 19.1. The summed E-state index contributed by atoms with van der Waals surface area (Å²) in [6, 6.07) is 4.43. The van der Waals surface area contributed by atoms with E-state index in [-0.39, 0.29) is 11.1 Å². The molecule has 0 aliphatic heterocycles. The average Bonchev–Trinajstić information content (AvgIpc) is 2.16. The van der Waals surface area contributed by atoms with Crippen LogP contribution in [0, 0.1) is 5.82 Å². The summed E-state index contributed by atoms with van der Waals surface area (Å²) in [7, 11) is 0. The second kappa shape index (κ2) is 4.53. The largest absolute Gasteiger partial charge is 0.478 e. The van der Waals surface area contributed by atoms with Gasteiger partial charge in [0.25, 0.3) is 0 Å². The van der Waals surface area contributed by atoms with Crippen molar-refractivity contribution in [1.29, 1.82) is 0 Å². The van der Waals surface area contributed by atoms with Crippen molar-refractivity contribution in [3.63, 3.8) is 0 Å². The zero-order valence-corrected chi connectivity index (χ0v) is 7.27. The third-order valence-corrected chi connectivity index (χ3v) is 1.68. The van der Waals surface area contributed by atoms with Gasteiger partial charge in [0.2, 0.25) is 0 Å². The first-order chi connectivity index (χ1) is 6.65. The summed E-state index contributed by atoms with van der Waals surface area (Å²) in [5.74, 6) is -1.73. The van der Waals surface area contributed by atoms with Gasteiger partial charge in [0.05, 0.1) is 6.61 Å². The van der Waals surface area contributed by atoms with Gasteiger partial charge in [0.1, 0.15) is 5.82 Å². The number of carboxylic acids is 1. The zero-order valence-electron chi connectivity index (χ0n) is 7.27. The van der Waals surface area contributed by atoms with Crippen molar-refractivity contribution < 1.29 is 19.4 Å². The zero-order chi connectivity index (χ0) is 10.6. The van der Waals surface area contributed by atoms with Crippen LogP contribution in [0.25, 0.3) is 6.08 Å². The molecule has 0 aliphatic rings. The summed E-state index contributed by atoms with van der Waals surface area (Å²) in [6.07, 6.45) is 2.00. The second-order valence-electron chi connectivity index (χ2n) is 2.65. The Labute approximate surface area is 80.1 Å². The molecule has 0 spiro atoms. The quantitative estimate of drug-likeness (QED) is 0.719. The summed E-state index contributed by atoms with van der Waals surface area (Å²) in [6.45, 7) is -0.402. The van der Waals surface area contributed by atoms with Crippen LogP contribution < -0.4 is 0 Å². The van der Waals surface area contributed by atoms with Gasteiger partial charge >= 0.3 is 5.97 Å². The van der Waals surface area contributed by atoms with Crippen molar-refractivity contribution in [2.45, 2.75) is 6.61 Å². The lowest BCUT2D eigenvalue weighted by Crippen LogP contribution is -1.93. The minimum absolute atomic E-state index is 0.150. The SMILES string of the molecule is O=C(O)C=Cc1cccc(CO)c1F. The average molecular weight is 196 g/mol. The van der Waals surface area contributed by atoms with Gasteiger partial charge in [-0.2, -0.15) is 0 Å². The van der Waals surface area contributed by atoms with Crippen molar-refractivity contribution in [3.05, 3.63) is 41.2 Å². The maximum atomic E-state index is 13.3. The molecule has 1 aromatic rings. The Morgan fingerprint density at radius 1 is 1.50 bits per heavy atom. The van der Waals surface area contributed by atoms with Crippen LogP contribution in [-0.2, 0) is 11.4 Å². The normalized spacial score (nSPS) is 10.7. The van der Waals surface area contributed by atoms with Crippen LogP contribution >= 0.6 is 0 Å². The third-order valence-electron chi connectivity index (χ3n) is 1.68. The molecule has 4 heteroatoms. The van der Waals surface area contributed by atoms with Crippen molar-refractivity contribution in [3.8, 4) is 0 Å². The van der Waals surface area contributed by atoms with E-state index in [1.807, 2.05) is 0 Å². The van der Waals surface area contributed by atoms with E-state index in [9.17, 15) is 9.18 Å². The van der Waals surface area contributed by atoms with Crippen LogP contribution in [0.4, 0.5) is 4.39 Å². The monoisotopic (exact) mass is 196 g/mol. The van der Waals surface area contributed by atoms with E-state index in [0.29, 0.717) is 0 Å². The first-order valence-corrected chi connectivity index (χ1v) is 3.94. The lowest BCUT2D eigenvalue weighted by molar-refractivity contribution is -0.131. The fraction of sp³-hybridized carbons (Fsp3) is 0.100. The summed E-state index contributed by atoms with van der Waals surface area (Å²) >= 11 is 0. The minimum atomic E-state index is -1.14. The van der Waals surface area contributed by atoms with Gasteiger partial charge in [-0.15, -0.1) is 0 Å². The molecular formula is C10H9FO3. The molecule has 0 atom stereocenters. The Bertz CT molecular complexity index is 372. The number of benzene rings is 1. The van der Waals surface area contributed by atoms with Gasteiger partial charge in [0.15, 0.2) is 0 Å². The lowest BCUT2D eigenvalue weighted by Gasteiger charge is -2.01. The maximum Gasteiger partial charge on any atom is 0.328 e. The minimum Gasteiger partial charge on any atom is -0.478 e. The van der Waals surface area contributed by atoms with Crippen LogP contribution in [-0.4, -0.2) is 16.2 Å². The topological polar surface area (TPSA) is 57.5 Å². The number of hydrogen-bond acceptors (Lipinski definition) is 2. The molecule has 0 saturated heterocycles. The third kappa shape index (κ3) is 2.40. The standard InChI is InChI=1S/C10H9FO3/c11-10-7(4-5-9(13)14)2-1-3-8(10)6-12/h1-5,12H,6H2,(H,13,14). The molecule has 0 bridgehead atoms. The van der Waals surface area contributed by atoms with Crippen LogP contribution in [0.3, 0.4) is 0 Å². The fourth-order valence-corrected chi connectivity index (χ4v) is 1.01. The molecule has 1 rings (SSSR count). The van der Waals surface area contributed by atoms with Crippen molar-refractivity contribution in [2.24, 2.45) is 0 Å². The van der Waals surface area contributed by atoms with Gasteiger partial charge in [-0.3, -0.25) is 0 Å². The molecule has 0 heterocycles. The van der Waals surface area contributed by atoms with Gasteiger partial charge < -0.3 is 10.2 Å². The van der Waals surface area contributed by atoms with Crippen molar-refractivity contribution in [1.82, 2.24) is 0 Å². The summed E-state index contributed by atoms with van der Waals surface area (Å²) < 4.78 is 13.3. The summed E-state index contributed by atoms with van der Waals surface area (Å²) in [5, 5.41) is 17.1. The fourth-order valence-electron chi connectivity index (χ4n) is 1.01. The molecule has 3 nitrogen and oxygen atoms in total. The van der Waals surface area contributed by atoms with Crippen LogP contribution in [0.15, 0.2) is 24.3 Å². The molecule has 0 saturated carbocycles. The predicted molar refractivity (Wildman–Crippen MR) is 49.0 cm³/mol. The van der Waals surface area contributed by atoms with Gasteiger partial charge in [0, 0.05) is 17.2 Å². The molecule has 2 N–H and O–H groups in total. The van der Waals surface area contributed by atoms with Crippen molar-refractivity contribution in [2.75, 3.05) is 0 Å². The van der Waals surface area contributed by atoms with E-state index in [0.717, 1.165) is 12.2 Å². The van der Waals surface area contributed by atoms with Crippen LogP contribution in [0.1, 0.15) is 11.1 Å². The van der Waals surface area contributed by atoms with E-state index in [4.69, 9.17) is 10.2 Å². The van der Waals surface area contributed by atoms with Gasteiger partial charge in [-0.1, -0.05) is 18.2 Å². The second-order valence-corrected chi connectivity index (χ2v) is 2.65. The number of aliphatic carboxylic acids is 1. The Balaban J connectivity index is 3.03. The van der Waals surface area contributed by atoms with Crippen molar-refractivity contribution >= 4 is 12.0 Å². The van der Waals surface area contributed by atoms with E-state index < -0.39 is 18.4 Å². The molecule has 0 aliphatic carbocycles. The Kier molecular flexibility index (Phi) is 3.36. The molecule has 74 valence electrons. The molecule has 0 amide bonds. The van der Waals surface area contributed by atoms with E-state index >= 15 is 0 Å². The highest BCUT2D eigenvalue weighted by Gasteiger charge is 2.04. The molecule has 14 heavy (non-hydrogen) atoms. The highest BCUT2D eigenvalue weighted by Crippen LogP contribution is 2.14. The summed E-state index contributed by atoms with van der Waals surface area (Å²) in [5.41, 5.74) is 0.302. The smallest absolute Gasteiger partial charge is 0.328 e. The number of aliphatic hydroxyl groups is 1. The first kappa shape index (κ1) is 10.4. The number of halogens is 1.